The van der Waals surface area contributed by atoms with Crippen molar-refractivity contribution < 1.29 is 23.9 Å². The summed E-state index contributed by atoms with van der Waals surface area (Å²) in [6.07, 6.45) is 2.58. The van der Waals surface area contributed by atoms with Crippen LogP contribution < -0.4 is 0 Å². The van der Waals surface area contributed by atoms with Gasteiger partial charge in [0.1, 0.15) is 6.61 Å². The van der Waals surface area contributed by atoms with Gasteiger partial charge >= 0.3 is 11.9 Å². The number of ether oxygens (including phenoxy) is 2. The predicted octanol–water partition coefficient (Wildman–Crippen LogP) is 1.78. The van der Waals surface area contributed by atoms with Crippen LogP contribution in [-0.2, 0) is 23.9 Å². The van der Waals surface area contributed by atoms with E-state index in [-0.39, 0.29) is 5.92 Å². The van der Waals surface area contributed by atoms with E-state index >= 15 is 0 Å². The molecule has 0 aromatic heterocycles. The van der Waals surface area contributed by atoms with Crippen molar-refractivity contribution in [2.45, 2.75) is 12.8 Å². The fraction of sp³-hybridized carbons (Fsp3) is 0.438. The second-order valence-electron chi connectivity index (χ2n) is 5.12. The van der Waals surface area contributed by atoms with E-state index in [2.05, 4.69) is 5.16 Å². The molecule has 6 heteroatoms. The summed E-state index contributed by atoms with van der Waals surface area (Å²) in [4.78, 5) is 28.7. The maximum absolute atomic E-state index is 11.8. The quantitative estimate of drug-likeness (QED) is 0.252. The summed E-state index contributed by atoms with van der Waals surface area (Å²) in [6.45, 7) is 0.323. The number of methoxy groups -OCH3 is 2. The van der Waals surface area contributed by atoms with Gasteiger partial charge in [0.25, 0.3) is 0 Å². The minimum Gasteiger partial charge on any atom is -0.468 e. The summed E-state index contributed by atoms with van der Waals surface area (Å²) in [5.41, 5.74) is -0.219. The van der Waals surface area contributed by atoms with E-state index in [0.29, 0.717) is 19.4 Å². The minimum atomic E-state index is -1.16. The molecule has 1 aromatic carbocycles. The molecule has 1 aliphatic rings. The Morgan fingerprint density at radius 1 is 1.23 bits per heavy atom. The lowest BCUT2D eigenvalue weighted by molar-refractivity contribution is -0.162. The molecule has 0 aliphatic heterocycles. The zero-order chi connectivity index (χ0) is 16.0. The molecule has 1 saturated carbocycles. The van der Waals surface area contributed by atoms with Crippen molar-refractivity contribution in [3.05, 3.63) is 35.9 Å². The summed E-state index contributed by atoms with van der Waals surface area (Å²) in [7, 11) is 2.53. The van der Waals surface area contributed by atoms with E-state index < -0.39 is 17.4 Å². The standard InChI is InChI=1S/C16H19NO5/c1-20-14(18)16(15(19)21-2)10-13(16)8-9-22-17-11-12-6-4-3-5-7-12/h3-7,11,13H,8-10H2,1-2H3/b17-11+/t13-/m0/s1. The first-order valence-corrected chi connectivity index (χ1v) is 7.02. The first-order chi connectivity index (χ1) is 10.6. The third kappa shape index (κ3) is 3.27. The molecule has 2 rings (SSSR count). The molecule has 0 saturated heterocycles. The van der Waals surface area contributed by atoms with Crippen molar-refractivity contribution in [1.29, 1.82) is 0 Å². The molecule has 6 nitrogen and oxygen atoms in total. The van der Waals surface area contributed by atoms with E-state index in [4.69, 9.17) is 14.3 Å². The van der Waals surface area contributed by atoms with Crippen LogP contribution >= 0.6 is 0 Å². The fourth-order valence-electron chi connectivity index (χ4n) is 2.51. The maximum atomic E-state index is 11.8. The molecule has 0 unspecified atom stereocenters. The molecule has 22 heavy (non-hydrogen) atoms. The van der Waals surface area contributed by atoms with Crippen molar-refractivity contribution in [1.82, 2.24) is 0 Å². The van der Waals surface area contributed by atoms with Gasteiger partial charge in [-0.1, -0.05) is 35.5 Å². The normalized spacial score (nSPS) is 18.7. The van der Waals surface area contributed by atoms with E-state index in [1.807, 2.05) is 30.3 Å². The number of esters is 2. The zero-order valence-electron chi connectivity index (χ0n) is 12.7. The van der Waals surface area contributed by atoms with Crippen molar-refractivity contribution in [2.24, 2.45) is 16.5 Å². The summed E-state index contributed by atoms with van der Waals surface area (Å²) >= 11 is 0. The Bertz CT molecular complexity index is 539. The SMILES string of the molecule is COC(=O)C1(C(=O)OC)C[C@@H]1CCO/N=C/c1ccccc1. The average Bonchev–Trinajstić information content (AvgIpc) is 3.29. The van der Waals surface area contributed by atoms with Gasteiger partial charge in [-0.25, -0.2) is 0 Å². The third-order valence-electron chi connectivity index (χ3n) is 3.84. The highest BCUT2D eigenvalue weighted by molar-refractivity contribution is 6.03. The molecule has 0 N–H and O–H groups in total. The molecule has 0 heterocycles. The Kier molecular flexibility index (Phi) is 5.14. The Morgan fingerprint density at radius 2 is 1.86 bits per heavy atom. The van der Waals surface area contributed by atoms with E-state index in [0.717, 1.165) is 5.56 Å². The van der Waals surface area contributed by atoms with E-state index in [9.17, 15) is 9.59 Å². The van der Waals surface area contributed by atoms with Crippen LogP contribution in [0, 0.1) is 11.3 Å². The van der Waals surface area contributed by atoms with Crippen LogP contribution in [0.25, 0.3) is 0 Å². The van der Waals surface area contributed by atoms with Gasteiger partial charge in [-0.05, 0) is 24.3 Å². The first-order valence-electron chi connectivity index (χ1n) is 7.02. The predicted molar refractivity (Wildman–Crippen MR) is 79.2 cm³/mol. The number of carbonyl (C=O) groups is 2. The molecule has 0 amide bonds. The van der Waals surface area contributed by atoms with E-state index in [1.165, 1.54) is 14.2 Å². The van der Waals surface area contributed by atoms with Crippen LogP contribution in [0.1, 0.15) is 18.4 Å². The van der Waals surface area contributed by atoms with Crippen LogP contribution in [0.5, 0.6) is 0 Å². The summed E-state index contributed by atoms with van der Waals surface area (Å²) in [5.74, 6) is -1.21. The van der Waals surface area contributed by atoms with Gasteiger partial charge in [0.2, 0.25) is 0 Å². The molecule has 118 valence electrons. The fourth-order valence-corrected chi connectivity index (χ4v) is 2.51. The Hall–Kier alpha value is -2.37. The van der Waals surface area contributed by atoms with Crippen LogP contribution in [0.2, 0.25) is 0 Å². The molecule has 1 fully saturated rings. The molecule has 0 bridgehead atoms. The lowest BCUT2D eigenvalue weighted by atomic mass is 10.0. The van der Waals surface area contributed by atoms with Crippen LogP contribution in [0.4, 0.5) is 0 Å². The first kappa shape index (κ1) is 16.0. The van der Waals surface area contributed by atoms with Crippen molar-refractivity contribution in [3.8, 4) is 0 Å². The Morgan fingerprint density at radius 3 is 2.45 bits per heavy atom. The highest BCUT2D eigenvalue weighted by Crippen LogP contribution is 2.56. The molecule has 0 radical (unpaired) electrons. The highest BCUT2D eigenvalue weighted by atomic mass is 16.6. The van der Waals surface area contributed by atoms with Gasteiger partial charge in [-0.3, -0.25) is 9.59 Å². The largest absolute Gasteiger partial charge is 0.468 e. The molecule has 1 aliphatic carbocycles. The number of oxime groups is 1. The summed E-state index contributed by atoms with van der Waals surface area (Å²) in [6, 6.07) is 9.56. The number of hydrogen-bond donors (Lipinski definition) is 0. The van der Waals surface area contributed by atoms with Gasteiger partial charge < -0.3 is 14.3 Å². The molecular weight excluding hydrogens is 286 g/mol. The van der Waals surface area contributed by atoms with E-state index in [1.54, 1.807) is 6.21 Å². The van der Waals surface area contributed by atoms with Gasteiger partial charge in [0.05, 0.1) is 20.4 Å². The van der Waals surface area contributed by atoms with Crippen LogP contribution in [0.15, 0.2) is 35.5 Å². The maximum Gasteiger partial charge on any atom is 0.323 e. The summed E-state index contributed by atoms with van der Waals surface area (Å²) in [5, 5.41) is 3.86. The van der Waals surface area contributed by atoms with Crippen molar-refractivity contribution in [3.63, 3.8) is 0 Å². The second kappa shape index (κ2) is 7.06. The molecule has 1 aromatic rings. The number of rotatable bonds is 7. The topological polar surface area (TPSA) is 74.2 Å². The van der Waals surface area contributed by atoms with Gasteiger partial charge in [-0.15, -0.1) is 0 Å². The summed E-state index contributed by atoms with van der Waals surface area (Å²) < 4.78 is 9.41. The smallest absolute Gasteiger partial charge is 0.323 e. The molecule has 1 atom stereocenters. The lowest BCUT2D eigenvalue weighted by Gasteiger charge is -2.11. The monoisotopic (exact) mass is 305 g/mol. The minimum absolute atomic E-state index is 0.126. The van der Waals surface area contributed by atoms with Crippen molar-refractivity contribution >= 4 is 18.2 Å². The van der Waals surface area contributed by atoms with Gasteiger partial charge in [-0.2, -0.15) is 0 Å². The lowest BCUT2D eigenvalue weighted by Crippen LogP contribution is -2.30. The number of carbonyl (C=O) groups excluding carboxylic acids is 2. The molecular formula is C16H19NO5. The molecule has 0 spiro atoms. The zero-order valence-corrected chi connectivity index (χ0v) is 12.7. The van der Waals surface area contributed by atoms with Gasteiger partial charge in [0, 0.05) is 0 Å². The second-order valence-corrected chi connectivity index (χ2v) is 5.12. The Labute approximate surface area is 129 Å². The number of hydrogen-bond acceptors (Lipinski definition) is 6. The van der Waals surface area contributed by atoms with Crippen LogP contribution in [-0.4, -0.2) is 39.0 Å². The average molecular weight is 305 g/mol. The highest BCUT2D eigenvalue weighted by Gasteiger charge is 2.67. The third-order valence-corrected chi connectivity index (χ3v) is 3.84. The number of nitrogens with zero attached hydrogens (tertiary/aromatic N) is 1. The Balaban J connectivity index is 1.79. The number of benzene rings is 1. The van der Waals surface area contributed by atoms with Gasteiger partial charge in [0.15, 0.2) is 5.41 Å². The van der Waals surface area contributed by atoms with Crippen LogP contribution in [0.3, 0.4) is 0 Å². The van der Waals surface area contributed by atoms with Crippen molar-refractivity contribution in [2.75, 3.05) is 20.8 Å².